The van der Waals surface area contributed by atoms with Crippen molar-refractivity contribution in [3.05, 3.63) is 35.4 Å². The van der Waals surface area contributed by atoms with Gasteiger partial charge in [-0.1, -0.05) is 31.2 Å². The zero-order valence-electron chi connectivity index (χ0n) is 9.96. The third kappa shape index (κ3) is 2.27. The number of carbonyl (C=O) groups excluding carboxylic acids is 1. The minimum atomic E-state index is -3.14. The summed E-state index contributed by atoms with van der Waals surface area (Å²) >= 11 is 0. The van der Waals surface area contributed by atoms with Gasteiger partial charge in [-0.05, 0) is 17.5 Å². The fourth-order valence-electron chi connectivity index (χ4n) is 2.41. The second-order valence-corrected chi connectivity index (χ2v) is 6.83. The van der Waals surface area contributed by atoms with Crippen molar-refractivity contribution in [2.45, 2.75) is 24.5 Å². The second kappa shape index (κ2) is 4.26. The van der Waals surface area contributed by atoms with Gasteiger partial charge in [-0.25, -0.2) is 8.42 Å². The summed E-state index contributed by atoms with van der Waals surface area (Å²) in [4.78, 5) is 10.9. The SMILES string of the molecule is CCc1ccc(C2C(C=O)C2S(C)(=O)=O)cc1. The summed E-state index contributed by atoms with van der Waals surface area (Å²) in [5.74, 6) is -0.508. The van der Waals surface area contributed by atoms with Gasteiger partial charge in [-0.3, -0.25) is 0 Å². The maximum absolute atomic E-state index is 11.5. The van der Waals surface area contributed by atoms with Gasteiger partial charge in [0, 0.05) is 18.1 Å². The number of aldehydes is 1. The molecule has 1 saturated carbocycles. The molecular formula is C13H16O3S. The Kier molecular flexibility index (Phi) is 3.08. The Hall–Kier alpha value is -1.16. The molecule has 0 N–H and O–H groups in total. The maximum atomic E-state index is 11.5. The number of sulfone groups is 1. The Morgan fingerprint density at radius 3 is 2.18 bits per heavy atom. The van der Waals surface area contributed by atoms with E-state index in [2.05, 4.69) is 6.92 Å². The zero-order valence-corrected chi connectivity index (χ0v) is 10.8. The Morgan fingerprint density at radius 2 is 1.82 bits per heavy atom. The van der Waals surface area contributed by atoms with Gasteiger partial charge in [0.25, 0.3) is 0 Å². The molecule has 1 aromatic carbocycles. The summed E-state index contributed by atoms with van der Waals surface area (Å²) in [6.45, 7) is 2.07. The highest BCUT2D eigenvalue weighted by molar-refractivity contribution is 7.91. The molecule has 1 aromatic rings. The molecule has 17 heavy (non-hydrogen) atoms. The van der Waals surface area contributed by atoms with Crippen molar-refractivity contribution in [3.8, 4) is 0 Å². The van der Waals surface area contributed by atoms with Crippen LogP contribution in [0.1, 0.15) is 24.0 Å². The number of hydrogen-bond donors (Lipinski definition) is 0. The molecule has 3 unspecified atom stereocenters. The molecule has 0 spiro atoms. The largest absolute Gasteiger partial charge is 0.303 e. The van der Waals surface area contributed by atoms with Gasteiger partial charge in [0.1, 0.15) is 6.29 Å². The van der Waals surface area contributed by atoms with E-state index in [0.29, 0.717) is 0 Å². The van der Waals surface area contributed by atoms with Crippen molar-refractivity contribution in [2.75, 3.05) is 6.26 Å². The first-order chi connectivity index (χ1) is 7.99. The predicted molar refractivity (Wildman–Crippen MR) is 66.7 cm³/mol. The van der Waals surface area contributed by atoms with Crippen LogP contribution >= 0.6 is 0 Å². The standard InChI is InChI=1S/C13H16O3S/c1-3-9-4-6-10(7-5-9)12-11(8-14)13(12)17(2,15)16/h4-8,11-13H,3H2,1-2H3. The van der Waals surface area contributed by atoms with E-state index in [1.54, 1.807) is 0 Å². The topological polar surface area (TPSA) is 51.2 Å². The van der Waals surface area contributed by atoms with E-state index in [0.717, 1.165) is 18.3 Å². The number of aryl methyl sites for hydroxylation is 1. The molecule has 0 radical (unpaired) electrons. The molecule has 0 amide bonds. The summed E-state index contributed by atoms with van der Waals surface area (Å²) in [7, 11) is -3.14. The molecule has 3 nitrogen and oxygen atoms in total. The first-order valence-electron chi connectivity index (χ1n) is 5.72. The third-order valence-electron chi connectivity index (χ3n) is 3.43. The van der Waals surface area contributed by atoms with Gasteiger partial charge >= 0.3 is 0 Å². The Balaban J connectivity index is 2.26. The van der Waals surface area contributed by atoms with Crippen LogP contribution in [0.2, 0.25) is 0 Å². The molecule has 0 heterocycles. The molecule has 0 bridgehead atoms. The first kappa shape index (κ1) is 12.3. The Bertz CT molecular complexity index is 516. The highest BCUT2D eigenvalue weighted by Gasteiger charge is 2.57. The molecule has 3 atom stereocenters. The van der Waals surface area contributed by atoms with Crippen LogP contribution in [0.15, 0.2) is 24.3 Å². The van der Waals surface area contributed by atoms with Gasteiger partial charge in [0.15, 0.2) is 9.84 Å². The van der Waals surface area contributed by atoms with Crippen molar-refractivity contribution in [2.24, 2.45) is 5.92 Å². The lowest BCUT2D eigenvalue weighted by Gasteiger charge is -2.01. The second-order valence-electron chi connectivity index (χ2n) is 4.63. The lowest BCUT2D eigenvalue weighted by molar-refractivity contribution is -0.108. The predicted octanol–water partition coefficient (Wildman–Crippen LogP) is 1.57. The molecule has 92 valence electrons. The van der Waals surface area contributed by atoms with Crippen LogP contribution in [-0.2, 0) is 21.1 Å². The molecule has 0 aliphatic heterocycles. The summed E-state index contributed by atoms with van der Waals surface area (Å²) in [5.41, 5.74) is 2.17. The third-order valence-corrected chi connectivity index (χ3v) is 5.03. The van der Waals surface area contributed by atoms with E-state index in [1.807, 2.05) is 24.3 Å². The van der Waals surface area contributed by atoms with Gasteiger partial charge < -0.3 is 4.79 Å². The van der Waals surface area contributed by atoms with Crippen LogP contribution in [-0.4, -0.2) is 26.2 Å². The van der Waals surface area contributed by atoms with Crippen molar-refractivity contribution in [3.63, 3.8) is 0 Å². The summed E-state index contributed by atoms with van der Waals surface area (Å²) < 4.78 is 23.0. The minimum Gasteiger partial charge on any atom is -0.303 e. The van der Waals surface area contributed by atoms with Crippen molar-refractivity contribution >= 4 is 16.1 Å². The fourth-order valence-corrected chi connectivity index (χ4v) is 3.99. The number of carbonyl (C=O) groups is 1. The van der Waals surface area contributed by atoms with Crippen LogP contribution in [0.4, 0.5) is 0 Å². The van der Waals surface area contributed by atoms with Gasteiger partial charge in [-0.15, -0.1) is 0 Å². The van der Waals surface area contributed by atoms with E-state index >= 15 is 0 Å². The van der Waals surface area contributed by atoms with Gasteiger partial charge in [-0.2, -0.15) is 0 Å². The molecular weight excluding hydrogens is 236 g/mol. The number of hydrogen-bond acceptors (Lipinski definition) is 3. The van der Waals surface area contributed by atoms with Crippen molar-refractivity contribution < 1.29 is 13.2 Å². The van der Waals surface area contributed by atoms with Gasteiger partial charge in [0.05, 0.1) is 5.25 Å². The average molecular weight is 252 g/mol. The smallest absolute Gasteiger partial charge is 0.151 e. The quantitative estimate of drug-likeness (QED) is 0.764. The average Bonchev–Trinajstić information content (AvgIpc) is 3.03. The van der Waals surface area contributed by atoms with Crippen molar-refractivity contribution in [1.82, 2.24) is 0 Å². The van der Waals surface area contributed by atoms with Crippen LogP contribution in [0.25, 0.3) is 0 Å². The highest BCUT2D eigenvalue weighted by Crippen LogP contribution is 2.50. The van der Waals surface area contributed by atoms with E-state index < -0.39 is 15.1 Å². The molecule has 0 aromatic heterocycles. The molecule has 1 aliphatic carbocycles. The van der Waals surface area contributed by atoms with Crippen molar-refractivity contribution in [1.29, 1.82) is 0 Å². The van der Waals surface area contributed by atoms with Crippen LogP contribution < -0.4 is 0 Å². The van der Waals surface area contributed by atoms with Gasteiger partial charge in [0.2, 0.25) is 0 Å². The normalized spacial score (nSPS) is 27.8. The lowest BCUT2D eigenvalue weighted by Crippen LogP contribution is -2.07. The van der Waals surface area contributed by atoms with E-state index in [4.69, 9.17) is 0 Å². The summed E-state index contributed by atoms with van der Waals surface area (Å²) in [6.07, 6.45) is 2.93. The summed E-state index contributed by atoms with van der Waals surface area (Å²) in [5, 5.41) is -0.521. The van der Waals surface area contributed by atoms with Crippen LogP contribution in [0.3, 0.4) is 0 Å². The maximum Gasteiger partial charge on any atom is 0.151 e. The highest BCUT2D eigenvalue weighted by atomic mass is 32.2. The monoisotopic (exact) mass is 252 g/mol. The van der Waals surface area contributed by atoms with E-state index in [9.17, 15) is 13.2 Å². The van der Waals surface area contributed by atoms with Crippen LogP contribution in [0, 0.1) is 5.92 Å². The first-order valence-corrected chi connectivity index (χ1v) is 7.67. The van der Waals surface area contributed by atoms with E-state index in [-0.39, 0.29) is 11.8 Å². The Morgan fingerprint density at radius 1 is 1.24 bits per heavy atom. The van der Waals surface area contributed by atoms with Crippen LogP contribution in [0.5, 0.6) is 0 Å². The lowest BCUT2D eigenvalue weighted by atomic mass is 10.1. The van der Waals surface area contributed by atoms with E-state index in [1.165, 1.54) is 11.8 Å². The molecule has 1 aliphatic rings. The Labute approximate surface area is 102 Å². The molecule has 0 saturated heterocycles. The number of benzene rings is 1. The minimum absolute atomic E-state index is 0.145. The molecule has 2 rings (SSSR count). The molecule has 1 fully saturated rings. The summed E-state index contributed by atoms with van der Waals surface area (Å²) in [6, 6.07) is 7.86. The molecule has 4 heteroatoms. The fraction of sp³-hybridized carbons (Fsp3) is 0.462. The number of rotatable bonds is 4. The zero-order chi connectivity index (χ0) is 12.6.